The summed E-state index contributed by atoms with van der Waals surface area (Å²) in [6.45, 7) is 0. The van der Waals surface area contributed by atoms with Crippen molar-refractivity contribution in [3.63, 3.8) is 0 Å². The Morgan fingerprint density at radius 3 is 2.50 bits per heavy atom. The third-order valence-electron chi connectivity index (χ3n) is 1.22. The lowest BCUT2D eigenvalue weighted by Gasteiger charge is -2.00. The summed E-state index contributed by atoms with van der Waals surface area (Å²) in [7, 11) is 0. The number of rotatable bonds is 0. The van der Waals surface area contributed by atoms with E-state index in [9.17, 15) is 8.78 Å². The minimum absolute atomic E-state index is 0.166. The predicted octanol–water partition coefficient (Wildman–Crippen LogP) is 3.25. The first-order chi connectivity index (χ1) is 5.57. The smallest absolute Gasteiger partial charge is 0.179 e. The third-order valence-corrected chi connectivity index (χ3v) is 2.45. The summed E-state index contributed by atoms with van der Waals surface area (Å²) >= 11 is 8.22. The van der Waals surface area contributed by atoms with Crippen LogP contribution in [0, 0.1) is 23.0 Å². The number of hydrogen-bond acceptors (Lipinski definition) is 1. The monoisotopic (exact) mass is 251 g/mol. The fraction of sp³-hybridized carbons (Fsp3) is 0. The molecule has 0 aliphatic rings. The van der Waals surface area contributed by atoms with Gasteiger partial charge in [0.25, 0.3) is 0 Å². The number of benzene rings is 1. The molecule has 0 heterocycles. The summed E-state index contributed by atoms with van der Waals surface area (Å²) in [6, 6.07) is 2.63. The van der Waals surface area contributed by atoms with Gasteiger partial charge in [-0.2, -0.15) is 5.26 Å². The van der Waals surface area contributed by atoms with Crippen molar-refractivity contribution in [1.82, 2.24) is 0 Å². The topological polar surface area (TPSA) is 23.8 Å². The highest BCUT2D eigenvalue weighted by molar-refractivity contribution is 9.10. The molecule has 1 rings (SSSR count). The van der Waals surface area contributed by atoms with Gasteiger partial charge >= 0.3 is 0 Å². The second-order valence-corrected chi connectivity index (χ2v) is 3.19. The molecular weight excluding hydrogens is 251 g/mol. The lowest BCUT2D eigenvalue weighted by Crippen LogP contribution is -1.91. The maximum Gasteiger partial charge on any atom is 0.179 e. The molecule has 0 bridgehead atoms. The Kier molecular flexibility index (Phi) is 2.65. The highest BCUT2D eigenvalue weighted by Crippen LogP contribution is 2.28. The first-order valence-corrected chi connectivity index (χ1v) is 3.98. The Balaban J connectivity index is 3.52. The lowest BCUT2D eigenvalue weighted by molar-refractivity contribution is 0.506. The zero-order chi connectivity index (χ0) is 9.30. The Hall–Kier alpha value is -0.660. The van der Waals surface area contributed by atoms with E-state index >= 15 is 0 Å². The van der Waals surface area contributed by atoms with Crippen LogP contribution in [0.15, 0.2) is 10.5 Å². The molecular formula is C7HBrClF2N. The van der Waals surface area contributed by atoms with Gasteiger partial charge in [0.1, 0.15) is 6.07 Å². The molecule has 1 aromatic carbocycles. The molecule has 0 N–H and O–H groups in total. The molecule has 0 atom stereocenters. The second kappa shape index (κ2) is 3.38. The molecule has 0 amide bonds. The minimum atomic E-state index is -1.22. The van der Waals surface area contributed by atoms with Gasteiger partial charge < -0.3 is 0 Å². The zero-order valence-corrected chi connectivity index (χ0v) is 7.88. The lowest BCUT2D eigenvalue weighted by atomic mass is 10.2. The van der Waals surface area contributed by atoms with Crippen LogP contribution < -0.4 is 0 Å². The summed E-state index contributed by atoms with van der Waals surface area (Å²) in [5.74, 6) is -2.42. The van der Waals surface area contributed by atoms with Crippen LogP contribution in [0.5, 0.6) is 0 Å². The van der Waals surface area contributed by atoms with E-state index in [2.05, 4.69) is 15.9 Å². The van der Waals surface area contributed by atoms with Crippen LogP contribution >= 0.6 is 27.5 Å². The van der Waals surface area contributed by atoms with Crippen LogP contribution in [-0.2, 0) is 0 Å². The maximum atomic E-state index is 12.8. The van der Waals surface area contributed by atoms with E-state index in [4.69, 9.17) is 16.9 Å². The van der Waals surface area contributed by atoms with Crippen molar-refractivity contribution in [3.05, 3.63) is 32.8 Å². The van der Waals surface area contributed by atoms with E-state index in [1.54, 1.807) is 0 Å². The van der Waals surface area contributed by atoms with Gasteiger partial charge in [-0.3, -0.25) is 0 Å². The summed E-state index contributed by atoms with van der Waals surface area (Å²) in [5, 5.41) is 7.98. The Morgan fingerprint density at radius 1 is 1.42 bits per heavy atom. The van der Waals surface area contributed by atoms with Crippen LogP contribution in [0.1, 0.15) is 5.56 Å². The molecule has 0 spiro atoms. The molecule has 1 nitrogen and oxygen atoms in total. The van der Waals surface area contributed by atoms with Gasteiger partial charge in [0.2, 0.25) is 0 Å². The van der Waals surface area contributed by atoms with Crippen molar-refractivity contribution in [2.24, 2.45) is 0 Å². The molecule has 0 radical (unpaired) electrons. The van der Waals surface area contributed by atoms with Crippen LogP contribution in [0.3, 0.4) is 0 Å². The maximum absolute atomic E-state index is 12.8. The Morgan fingerprint density at radius 2 is 2.00 bits per heavy atom. The highest BCUT2D eigenvalue weighted by Gasteiger charge is 2.15. The molecule has 0 aliphatic heterocycles. The molecule has 5 heteroatoms. The molecule has 0 unspecified atom stereocenters. The molecule has 0 aliphatic carbocycles. The van der Waals surface area contributed by atoms with Crippen molar-refractivity contribution in [2.75, 3.05) is 0 Å². The number of hydrogen-bond donors (Lipinski definition) is 0. The van der Waals surface area contributed by atoms with Gasteiger partial charge in [0, 0.05) is 4.47 Å². The SMILES string of the molecule is N#Cc1cc(Br)c(Cl)c(F)c1F. The third kappa shape index (κ3) is 1.43. The Labute approximate surface area is 80.7 Å². The summed E-state index contributed by atoms with van der Waals surface area (Å²) in [4.78, 5) is 0. The molecule has 62 valence electrons. The van der Waals surface area contributed by atoms with E-state index in [-0.39, 0.29) is 15.1 Å². The van der Waals surface area contributed by atoms with Gasteiger partial charge in [-0.05, 0) is 22.0 Å². The molecule has 1 aromatic rings. The van der Waals surface area contributed by atoms with Crippen LogP contribution in [0.2, 0.25) is 5.02 Å². The normalized spacial score (nSPS) is 9.58. The van der Waals surface area contributed by atoms with E-state index in [1.807, 2.05) is 0 Å². The van der Waals surface area contributed by atoms with Gasteiger partial charge in [0.15, 0.2) is 11.6 Å². The van der Waals surface area contributed by atoms with Gasteiger partial charge in [-0.25, -0.2) is 8.78 Å². The van der Waals surface area contributed by atoms with Gasteiger partial charge in [0.05, 0.1) is 10.6 Å². The average Bonchev–Trinajstić information content (AvgIpc) is 2.08. The highest BCUT2D eigenvalue weighted by atomic mass is 79.9. The largest absolute Gasteiger partial charge is 0.202 e. The standard InChI is InChI=1S/C7HBrClF2N/c8-4-1-3(2-12)6(10)7(11)5(4)9/h1H. The van der Waals surface area contributed by atoms with Crippen LogP contribution in [0.4, 0.5) is 8.78 Å². The molecule has 0 fully saturated rings. The van der Waals surface area contributed by atoms with Crippen molar-refractivity contribution in [3.8, 4) is 6.07 Å². The summed E-state index contributed by atoms with van der Waals surface area (Å²) in [5.41, 5.74) is -0.372. The average molecular weight is 252 g/mol. The number of halogens is 4. The first kappa shape index (κ1) is 9.43. The van der Waals surface area contributed by atoms with Crippen molar-refractivity contribution >= 4 is 27.5 Å². The fourth-order valence-electron chi connectivity index (χ4n) is 0.654. The van der Waals surface area contributed by atoms with Crippen molar-refractivity contribution < 1.29 is 8.78 Å². The molecule has 0 aromatic heterocycles. The van der Waals surface area contributed by atoms with Crippen LogP contribution in [0.25, 0.3) is 0 Å². The van der Waals surface area contributed by atoms with Crippen molar-refractivity contribution in [1.29, 1.82) is 5.26 Å². The molecule has 12 heavy (non-hydrogen) atoms. The summed E-state index contributed by atoms with van der Waals surface area (Å²) < 4.78 is 25.7. The van der Waals surface area contributed by atoms with Gasteiger partial charge in [-0.1, -0.05) is 11.6 Å². The minimum Gasteiger partial charge on any atom is -0.202 e. The Bertz CT molecular complexity index is 373. The fourth-order valence-corrected chi connectivity index (χ4v) is 1.19. The van der Waals surface area contributed by atoms with E-state index in [0.717, 1.165) is 6.07 Å². The predicted molar refractivity (Wildman–Crippen MR) is 43.8 cm³/mol. The second-order valence-electron chi connectivity index (χ2n) is 1.96. The number of nitriles is 1. The molecule has 0 saturated carbocycles. The van der Waals surface area contributed by atoms with E-state index in [0.29, 0.717) is 0 Å². The van der Waals surface area contributed by atoms with Crippen molar-refractivity contribution in [2.45, 2.75) is 0 Å². The van der Waals surface area contributed by atoms with Crippen LogP contribution in [-0.4, -0.2) is 0 Å². The number of nitrogens with zero attached hydrogens (tertiary/aromatic N) is 1. The summed E-state index contributed by atoms with van der Waals surface area (Å²) in [6.07, 6.45) is 0. The zero-order valence-electron chi connectivity index (χ0n) is 5.54. The quantitative estimate of drug-likeness (QED) is 0.513. The van der Waals surface area contributed by atoms with E-state index in [1.165, 1.54) is 6.07 Å². The van der Waals surface area contributed by atoms with Gasteiger partial charge in [-0.15, -0.1) is 0 Å². The van der Waals surface area contributed by atoms with E-state index < -0.39 is 11.6 Å². The first-order valence-electron chi connectivity index (χ1n) is 2.81. The molecule has 0 saturated heterocycles.